The van der Waals surface area contributed by atoms with Gasteiger partial charge in [-0.25, -0.2) is 4.79 Å². The van der Waals surface area contributed by atoms with Crippen molar-refractivity contribution in [3.05, 3.63) is 34.9 Å². The number of halogens is 1. The number of hydrogen-bond acceptors (Lipinski definition) is 2. The van der Waals surface area contributed by atoms with E-state index in [2.05, 4.69) is 29.3 Å². The molecule has 1 atom stereocenters. The van der Waals surface area contributed by atoms with Crippen molar-refractivity contribution in [2.45, 2.75) is 32.7 Å². The molecule has 2 rings (SSSR count). The number of rotatable bonds is 5. The van der Waals surface area contributed by atoms with Gasteiger partial charge in [0.1, 0.15) is 0 Å². The molecule has 1 aliphatic rings. The summed E-state index contributed by atoms with van der Waals surface area (Å²) in [5.74, 6) is 0. The van der Waals surface area contributed by atoms with E-state index in [-0.39, 0.29) is 12.1 Å². The monoisotopic (exact) mass is 323 g/mol. The predicted molar refractivity (Wildman–Crippen MR) is 91.5 cm³/mol. The smallest absolute Gasteiger partial charge is 0.317 e. The number of nitrogens with zero attached hydrogens (tertiary/aromatic N) is 2. The third-order valence-electron chi connectivity index (χ3n) is 4.27. The molecule has 1 aromatic carbocycles. The van der Waals surface area contributed by atoms with Gasteiger partial charge in [-0.05, 0) is 37.5 Å². The molecule has 0 aromatic heterocycles. The van der Waals surface area contributed by atoms with Crippen LogP contribution in [0.4, 0.5) is 4.79 Å². The number of hydrogen-bond donors (Lipinski definition) is 1. The van der Waals surface area contributed by atoms with Gasteiger partial charge in [0, 0.05) is 43.8 Å². The number of amides is 2. The highest BCUT2D eigenvalue weighted by Gasteiger charge is 2.21. The van der Waals surface area contributed by atoms with Gasteiger partial charge in [-0.2, -0.15) is 0 Å². The molecule has 0 saturated carbocycles. The number of urea groups is 1. The normalized spacial score (nSPS) is 17.3. The fourth-order valence-corrected chi connectivity index (χ4v) is 2.64. The Bertz CT molecular complexity index is 469. The molecule has 122 valence electrons. The molecular formula is C17H26ClN3O. The van der Waals surface area contributed by atoms with Crippen LogP contribution >= 0.6 is 11.6 Å². The first-order chi connectivity index (χ1) is 10.6. The topological polar surface area (TPSA) is 35.6 Å². The SMILES string of the molecule is CCC(C)NC(=O)N1CCN(CCc2ccc(Cl)cc2)CC1. The third kappa shape index (κ3) is 5.18. The summed E-state index contributed by atoms with van der Waals surface area (Å²) in [7, 11) is 0. The fourth-order valence-electron chi connectivity index (χ4n) is 2.52. The molecule has 4 nitrogen and oxygen atoms in total. The highest BCUT2D eigenvalue weighted by Crippen LogP contribution is 2.11. The summed E-state index contributed by atoms with van der Waals surface area (Å²) >= 11 is 5.90. The highest BCUT2D eigenvalue weighted by atomic mass is 35.5. The first kappa shape index (κ1) is 17.1. The van der Waals surface area contributed by atoms with Gasteiger partial charge in [0.25, 0.3) is 0 Å². The Morgan fingerprint density at radius 1 is 1.23 bits per heavy atom. The van der Waals surface area contributed by atoms with Gasteiger partial charge < -0.3 is 10.2 Å². The Morgan fingerprint density at radius 2 is 1.86 bits per heavy atom. The number of benzene rings is 1. The molecule has 1 fully saturated rings. The van der Waals surface area contributed by atoms with Crippen molar-refractivity contribution in [3.8, 4) is 0 Å². The Hall–Kier alpha value is -1.26. The van der Waals surface area contributed by atoms with E-state index in [0.29, 0.717) is 0 Å². The zero-order valence-electron chi connectivity index (χ0n) is 13.5. The largest absolute Gasteiger partial charge is 0.336 e. The van der Waals surface area contributed by atoms with Gasteiger partial charge in [-0.1, -0.05) is 30.7 Å². The lowest BCUT2D eigenvalue weighted by Gasteiger charge is -2.35. The third-order valence-corrected chi connectivity index (χ3v) is 4.52. The Kier molecular flexibility index (Phi) is 6.52. The molecule has 0 spiro atoms. The predicted octanol–water partition coefficient (Wildman–Crippen LogP) is 3.01. The van der Waals surface area contributed by atoms with Crippen LogP contribution in [-0.2, 0) is 6.42 Å². The standard InChI is InChI=1S/C17H26ClN3O/c1-3-14(2)19-17(22)21-12-10-20(11-13-21)9-8-15-4-6-16(18)7-5-15/h4-7,14H,3,8-13H2,1-2H3,(H,19,22). The van der Waals surface area contributed by atoms with Crippen molar-refractivity contribution in [1.82, 2.24) is 15.1 Å². The van der Waals surface area contributed by atoms with Crippen molar-refractivity contribution in [2.24, 2.45) is 0 Å². The van der Waals surface area contributed by atoms with Gasteiger partial charge >= 0.3 is 6.03 Å². The van der Waals surface area contributed by atoms with E-state index in [4.69, 9.17) is 11.6 Å². The lowest BCUT2D eigenvalue weighted by atomic mass is 10.1. The summed E-state index contributed by atoms with van der Waals surface area (Å²) in [5, 5.41) is 3.82. The molecule has 0 radical (unpaired) electrons. The average Bonchev–Trinajstić information content (AvgIpc) is 2.54. The van der Waals surface area contributed by atoms with Gasteiger partial charge in [-0.15, -0.1) is 0 Å². The quantitative estimate of drug-likeness (QED) is 0.904. The van der Waals surface area contributed by atoms with E-state index in [1.54, 1.807) is 0 Å². The molecule has 1 aromatic rings. The highest BCUT2D eigenvalue weighted by molar-refractivity contribution is 6.30. The van der Waals surface area contributed by atoms with Crippen molar-refractivity contribution in [1.29, 1.82) is 0 Å². The maximum atomic E-state index is 12.1. The molecule has 2 amide bonds. The van der Waals surface area contributed by atoms with Crippen LogP contribution in [0.2, 0.25) is 5.02 Å². The van der Waals surface area contributed by atoms with Gasteiger partial charge in [0.05, 0.1) is 0 Å². The number of nitrogens with one attached hydrogen (secondary N) is 1. The lowest BCUT2D eigenvalue weighted by Crippen LogP contribution is -2.53. The number of carbonyl (C=O) groups is 1. The summed E-state index contributed by atoms with van der Waals surface area (Å²) in [4.78, 5) is 16.4. The minimum absolute atomic E-state index is 0.0756. The Balaban J connectivity index is 1.70. The minimum Gasteiger partial charge on any atom is -0.336 e. The number of piperazine rings is 1. The number of carbonyl (C=O) groups excluding carboxylic acids is 1. The molecule has 1 saturated heterocycles. The molecule has 0 aliphatic carbocycles. The van der Waals surface area contributed by atoms with Crippen molar-refractivity contribution in [3.63, 3.8) is 0 Å². The Labute approximate surface area is 138 Å². The van der Waals surface area contributed by atoms with Crippen LogP contribution in [0.15, 0.2) is 24.3 Å². The second-order valence-electron chi connectivity index (χ2n) is 5.96. The van der Waals surface area contributed by atoms with E-state index in [1.807, 2.05) is 24.0 Å². The molecule has 5 heteroatoms. The van der Waals surface area contributed by atoms with Crippen LogP contribution in [-0.4, -0.2) is 54.6 Å². The maximum absolute atomic E-state index is 12.1. The van der Waals surface area contributed by atoms with Gasteiger partial charge in [-0.3, -0.25) is 4.90 Å². The van der Waals surface area contributed by atoms with Gasteiger partial charge in [0.15, 0.2) is 0 Å². The summed E-state index contributed by atoms with van der Waals surface area (Å²) in [5.41, 5.74) is 1.31. The van der Waals surface area contributed by atoms with Crippen LogP contribution in [0, 0.1) is 0 Å². The van der Waals surface area contributed by atoms with Crippen molar-refractivity contribution >= 4 is 17.6 Å². The average molecular weight is 324 g/mol. The summed E-state index contributed by atoms with van der Waals surface area (Å²) in [6, 6.07) is 8.36. The zero-order chi connectivity index (χ0) is 15.9. The van der Waals surface area contributed by atoms with E-state index in [9.17, 15) is 4.79 Å². The molecular weight excluding hydrogens is 298 g/mol. The van der Waals surface area contributed by atoms with Crippen LogP contribution in [0.3, 0.4) is 0 Å². The molecule has 0 bridgehead atoms. The van der Waals surface area contributed by atoms with Gasteiger partial charge in [0.2, 0.25) is 0 Å². The summed E-state index contributed by atoms with van der Waals surface area (Å²) in [6.07, 6.45) is 1.99. The van der Waals surface area contributed by atoms with Crippen LogP contribution in [0.1, 0.15) is 25.8 Å². The van der Waals surface area contributed by atoms with E-state index in [1.165, 1.54) is 5.56 Å². The van der Waals surface area contributed by atoms with Crippen LogP contribution in [0.25, 0.3) is 0 Å². The van der Waals surface area contributed by atoms with E-state index >= 15 is 0 Å². The first-order valence-corrected chi connectivity index (χ1v) is 8.48. The zero-order valence-corrected chi connectivity index (χ0v) is 14.3. The van der Waals surface area contributed by atoms with Crippen LogP contribution in [0.5, 0.6) is 0 Å². The van der Waals surface area contributed by atoms with Crippen LogP contribution < -0.4 is 5.32 Å². The fraction of sp³-hybridized carbons (Fsp3) is 0.588. The second-order valence-corrected chi connectivity index (χ2v) is 6.40. The van der Waals surface area contributed by atoms with E-state index in [0.717, 1.165) is 50.6 Å². The van der Waals surface area contributed by atoms with E-state index < -0.39 is 0 Å². The Morgan fingerprint density at radius 3 is 2.45 bits per heavy atom. The molecule has 1 N–H and O–H groups in total. The molecule has 1 heterocycles. The first-order valence-electron chi connectivity index (χ1n) is 8.10. The van der Waals surface area contributed by atoms with Crippen molar-refractivity contribution in [2.75, 3.05) is 32.7 Å². The second kappa shape index (κ2) is 8.39. The van der Waals surface area contributed by atoms with Crippen molar-refractivity contribution < 1.29 is 4.79 Å². The molecule has 22 heavy (non-hydrogen) atoms. The lowest BCUT2D eigenvalue weighted by molar-refractivity contribution is 0.138. The minimum atomic E-state index is 0.0756. The molecule has 1 unspecified atom stereocenters. The molecule has 1 aliphatic heterocycles. The maximum Gasteiger partial charge on any atom is 0.317 e. The summed E-state index contributed by atoms with van der Waals surface area (Å²) in [6.45, 7) is 8.66. The summed E-state index contributed by atoms with van der Waals surface area (Å²) < 4.78 is 0.